The van der Waals surface area contributed by atoms with E-state index >= 15 is 0 Å². The molecule has 1 aromatic carbocycles. The Morgan fingerprint density at radius 1 is 1.14 bits per heavy atom. The van der Waals surface area contributed by atoms with Crippen LogP contribution in [0.1, 0.15) is 11.7 Å². The fourth-order valence-corrected chi connectivity index (χ4v) is 3.78. The summed E-state index contributed by atoms with van der Waals surface area (Å²) in [5.41, 5.74) is -1.48. The lowest BCUT2D eigenvalue weighted by Gasteiger charge is -2.18. The first-order valence-corrected chi connectivity index (χ1v) is 10.5. The van der Waals surface area contributed by atoms with E-state index in [9.17, 15) is 31.5 Å². The zero-order valence-corrected chi connectivity index (χ0v) is 18.6. The smallest absolute Gasteiger partial charge is 0.408 e. The molecule has 0 saturated carbocycles. The standard InChI is InChI=1S/C21H15F5N8O3/c1-33-17-11(5-13(30-31-17)12-7-27-20(36)29-18(12)35)19(32-33)37-15(16(22)23)9-2-3-10-6-28-34(14(10)4-9)8-21(24,25)26/h2-7,15-16H,8H2,1H3,(H2,27,29,35,36)/t15-/m1/s1. The molecule has 5 rings (SSSR count). The predicted molar refractivity (Wildman–Crippen MR) is 118 cm³/mol. The topological polar surface area (TPSA) is 136 Å². The van der Waals surface area contributed by atoms with Gasteiger partial charge in [-0.1, -0.05) is 12.1 Å². The molecule has 16 heteroatoms. The van der Waals surface area contributed by atoms with Gasteiger partial charge in [-0.25, -0.2) is 18.3 Å². The predicted octanol–water partition coefficient (Wildman–Crippen LogP) is 2.70. The minimum atomic E-state index is -4.56. The summed E-state index contributed by atoms with van der Waals surface area (Å²) >= 11 is 0. The van der Waals surface area contributed by atoms with Crippen LogP contribution in [0.4, 0.5) is 22.0 Å². The van der Waals surface area contributed by atoms with Crippen LogP contribution < -0.4 is 16.0 Å². The number of H-pyrrole nitrogens is 2. The molecule has 0 aliphatic rings. The molecule has 37 heavy (non-hydrogen) atoms. The summed E-state index contributed by atoms with van der Waals surface area (Å²) in [5, 5.41) is 16.1. The van der Waals surface area contributed by atoms with Gasteiger partial charge >= 0.3 is 11.9 Å². The third-order valence-corrected chi connectivity index (χ3v) is 5.44. The molecule has 4 aromatic heterocycles. The van der Waals surface area contributed by atoms with Crippen LogP contribution in [0.25, 0.3) is 33.2 Å². The van der Waals surface area contributed by atoms with E-state index in [1.807, 2.05) is 4.98 Å². The lowest BCUT2D eigenvalue weighted by Crippen LogP contribution is -2.22. The Balaban J connectivity index is 1.56. The number of nitrogens with zero attached hydrogens (tertiary/aromatic N) is 6. The minimum absolute atomic E-state index is 0.000372. The molecular formula is C21H15F5N8O3. The van der Waals surface area contributed by atoms with Gasteiger partial charge < -0.3 is 9.72 Å². The van der Waals surface area contributed by atoms with Crippen LogP contribution in [-0.4, -0.2) is 52.3 Å². The minimum Gasteiger partial charge on any atom is -0.462 e. The van der Waals surface area contributed by atoms with Gasteiger partial charge in [-0.2, -0.15) is 18.3 Å². The number of benzene rings is 1. The average Bonchev–Trinajstić information content (AvgIpc) is 3.35. The number of rotatable bonds is 6. The molecule has 2 N–H and O–H groups in total. The Kier molecular flexibility index (Phi) is 5.72. The van der Waals surface area contributed by atoms with Crippen molar-refractivity contribution < 1.29 is 26.7 Å². The normalized spacial score (nSPS) is 13.1. The largest absolute Gasteiger partial charge is 0.462 e. The van der Waals surface area contributed by atoms with Crippen molar-refractivity contribution in [2.24, 2.45) is 7.05 Å². The summed E-state index contributed by atoms with van der Waals surface area (Å²) in [4.78, 5) is 27.8. The molecule has 0 unspecified atom stereocenters. The van der Waals surface area contributed by atoms with Gasteiger partial charge in [0.15, 0.2) is 11.8 Å². The van der Waals surface area contributed by atoms with E-state index in [1.54, 1.807) is 0 Å². The number of fused-ring (bicyclic) bond motifs is 2. The molecular weight excluding hydrogens is 507 g/mol. The molecule has 0 radical (unpaired) electrons. The number of aryl methyl sites for hydroxylation is 1. The highest BCUT2D eigenvalue weighted by atomic mass is 19.4. The van der Waals surface area contributed by atoms with Crippen molar-refractivity contribution >= 4 is 21.9 Å². The van der Waals surface area contributed by atoms with Gasteiger partial charge in [0.2, 0.25) is 5.88 Å². The molecule has 4 heterocycles. The number of hydrogen-bond acceptors (Lipinski definition) is 7. The number of aromatic amines is 2. The maximum absolute atomic E-state index is 14.1. The molecule has 5 aromatic rings. The van der Waals surface area contributed by atoms with Crippen LogP contribution >= 0.6 is 0 Å². The molecule has 0 bridgehead atoms. The summed E-state index contributed by atoms with van der Waals surface area (Å²) in [7, 11) is 1.47. The van der Waals surface area contributed by atoms with E-state index in [2.05, 4.69) is 25.4 Å². The first-order valence-electron chi connectivity index (χ1n) is 10.5. The van der Waals surface area contributed by atoms with Crippen molar-refractivity contribution in [3.8, 4) is 17.1 Å². The van der Waals surface area contributed by atoms with Crippen LogP contribution in [0.15, 0.2) is 46.2 Å². The first-order chi connectivity index (χ1) is 17.5. The molecule has 0 amide bonds. The summed E-state index contributed by atoms with van der Waals surface area (Å²) in [6.45, 7) is -1.39. The monoisotopic (exact) mass is 522 g/mol. The van der Waals surface area contributed by atoms with Crippen LogP contribution in [0.5, 0.6) is 5.88 Å². The second-order valence-electron chi connectivity index (χ2n) is 7.99. The second-order valence-corrected chi connectivity index (χ2v) is 7.99. The van der Waals surface area contributed by atoms with E-state index in [0.29, 0.717) is 10.1 Å². The maximum atomic E-state index is 14.1. The van der Waals surface area contributed by atoms with Crippen LogP contribution in [0.2, 0.25) is 0 Å². The van der Waals surface area contributed by atoms with Crippen molar-refractivity contribution in [2.75, 3.05) is 0 Å². The lowest BCUT2D eigenvalue weighted by atomic mass is 10.1. The van der Waals surface area contributed by atoms with Crippen LogP contribution in [0.3, 0.4) is 0 Å². The van der Waals surface area contributed by atoms with E-state index < -0.39 is 36.5 Å². The van der Waals surface area contributed by atoms with E-state index in [0.717, 1.165) is 12.3 Å². The van der Waals surface area contributed by atoms with Gasteiger partial charge in [0.1, 0.15) is 12.2 Å². The van der Waals surface area contributed by atoms with Crippen LogP contribution in [-0.2, 0) is 13.6 Å². The molecule has 192 valence electrons. The highest BCUT2D eigenvalue weighted by molar-refractivity contribution is 5.84. The zero-order valence-electron chi connectivity index (χ0n) is 18.6. The summed E-state index contributed by atoms with van der Waals surface area (Å²) < 4.78 is 74.5. The van der Waals surface area contributed by atoms with Gasteiger partial charge in [0.25, 0.3) is 12.0 Å². The van der Waals surface area contributed by atoms with Gasteiger partial charge in [-0.3, -0.25) is 14.5 Å². The number of halogens is 5. The van der Waals surface area contributed by atoms with Crippen molar-refractivity contribution in [1.29, 1.82) is 0 Å². The number of alkyl halides is 5. The molecule has 0 spiro atoms. The Morgan fingerprint density at radius 3 is 2.62 bits per heavy atom. The number of aromatic nitrogens is 8. The Hall–Kier alpha value is -4.63. The highest BCUT2D eigenvalue weighted by Gasteiger charge is 2.31. The Labute approximate surface area is 201 Å². The summed E-state index contributed by atoms with van der Waals surface area (Å²) in [6, 6.07) is 5.15. The van der Waals surface area contributed by atoms with Gasteiger partial charge in [0.05, 0.1) is 22.7 Å². The molecule has 0 saturated heterocycles. The van der Waals surface area contributed by atoms with Gasteiger partial charge in [-0.05, 0) is 12.1 Å². The molecule has 11 nitrogen and oxygen atoms in total. The van der Waals surface area contributed by atoms with E-state index in [-0.39, 0.29) is 39.3 Å². The quantitative estimate of drug-likeness (QED) is 0.327. The Bertz CT molecular complexity index is 1740. The summed E-state index contributed by atoms with van der Waals surface area (Å²) in [5.74, 6) is -0.274. The SMILES string of the molecule is Cn1nc(O[C@H](c2ccc3cnn(CC(F)(F)F)c3c2)C(F)F)c2cc(-c3c[nH]c(=O)[nH]c3=O)nnc21. The van der Waals surface area contributed by atoms with Crippen molar-refractivity contribution in [1.82, 2.24) is 39.7 Å². The third-order valence-electron chi connectivity index (χ3n) is 5.44. The summed E-state index contributed by atoms with van der Waals surface area (Å²) in [6.07, 6.45) is -7.25. The average molecular weight is 522 g/mol. The number of nitrogens with one attached hydrogen (secondary N) is 2. The number of hydrogen-bond donors (Lipinski definition) is 2. The van der Waals surface area contributed by atoms with Crippen molar-refractivity contribution in [3.05, 3.63) is 63.1 Å². The highest BCUT2D eigenvalue weighted by Crippen LogP contribution is 2.33. The van der Waals surface area contributed by atoms with Crippen LogP contribution in [0, 0.1) is 0 Å². The fourth-order valence-electron chi connectivity index (χ4n) is 3.78. The van der Waals surface area contributed by atoms with E-state index in [4.69, 9.17) is 4.74 Å². The number of ether oxygens (including phenoxy) is 1. The van der Waals surface area contributed by atoms with Crippen molar-refractivity contribution in [3.63, 3.8) is 0 Å². The van der Waals surface area contributed by atoms with Crippen molar-refractivity contribution in [2.45, 2.75) is 25.3 Å². The molecule has 0 fully saturated rings. The molecule has 0 aliphatic heterocycles. The van der Waals surface area contributed by atoms with E-state index in [1.165, 1.54) is 36.1 Å². The van der Waals surface area contributed by atoms with Gasteiger partial charge in [-0.15, -0.1) is 15.3 Å². The second kappa shape index (κ2) is 8.79. The fraction of sp³-hybridized carbons (Fsp3) is 0.238. The molecule has 1 atom stereocenters. The maximum Gasteiger partial charge on any atom is 0.408 e. The third kappa shape index (κ3) is 4.64. The Morgan fingerprint density at radius 2 is 1.92 bits per heavy atom. The lowest BCUT2D eigenvalue weighted by molar-refractivity contribution is -0.141. The first kappa shape index (κ1) is 24.1. The van der Waals surface area contributed by atoms with Gasteiger partial charge in [0, 0.05) is 24.2 Å². The molecule has 0 aliphatic carbocycles. The zero-order chi connectivity index (χ0) is 26.5.